The third-order valence-electron chi connectivity index (χ3n) is 4.57. The molecule has 0 saturated heterocycles. The van der Waals surface area contributed by atoms with Crippen LogP contribution in [0.3, 0.4) is 0 Å². The Hall–Kier alpha value is -1.81. The topological polar surface area (TPSA) is 48.0 Å². The lowest BCUT2D eigenvalue weighted by atomic mass is 9.96. The number of hydrogen-bond acceptors (Lipinski definition) is 2. The second kappa shape index (κ2) is 6.75. The van der Waals surface area contributed by atoms with Crippen molar-refractivity contribution in [2.75, 3.05) is 13.1 Å². The summed E-state index contributed by atoms with van der Waals surface area (Å²) in [7, 11) is 0. The van der Waals surface area contributed by atoms with E-state index < -0.39 is 0 Å². The van der Waals surface area contributed by atoms with Gasteiger partial charge in [-0.1, -0.05) is 36.4 Å². The van der Waals surface area contributed by atoms with Crippen LogP contribution in [-0.2, 0) is 19.4 Å². The summed E-state index contributed by atoms with van der Waals surface area (Å²) in [6, 6.07) is 14.7. The highest BCUT2D eigenvalue weighted by Gasteiger charge is 2.16. The Kier molecular flexibility index (Phi) is 4.71. The quantitative estimate of drug-likeness (QED) is 0.675. The molecule has 3 aromatic rings. The number of nitrogens with one attached hydrogen (secondary N) is 2. The Bertz CT molecular complexity index is 808. The summed E-state index contributed by atoms with van der Waals surface area (Å²) in [5.74, 6) is 0. The van der Waals surface area contributed by atoms with Crippen molar-refractivity contribution >= 4 is 23.3 Å². The van der Waals surface area contributed by atoms with Gasteiger partial charge in [0, 0.05) is 29.6 Å². The smallest absolute Gasteiger partial charge is 0.0681 e. The normalized spacial score (nSPS) is 14.1. The van der Waals surface area contributed by atoms with Crippen LogP contribution < -0.4 is 5.32 Å². The van der Waals surface area contributed by atoms with E-state index in [4.69, 9.17) is 0 Å². The number of halogens is 1. The zero-order valence-electron chi connectivity index (χ0n) is 12.9. The average Bonchev–Trinajstić information content (AvgIpc) is 2.76. The highest BCUT2D eigenvalue weighted by molar-refractivity contribution is 5.98. The summed E-state index contributed by atoms with van der Waals surface area (Å²) in [6.07, 6.45) is 2.13. The van der Waals surface area contributed by atoms with E-state index in [1.54, 1.807) is 0 Å². The molecule has 0 radical (unpaired) electrons. The van der Waals surface area contributed by atoms with Gasteiger partial charge in [-0.15, -0.1) is 12.4 Å². The van der Waals surface area contributed by atoms with Crippen molar-refractivity contribution in [3.63, 3.8) is 0 Å². The maximum absolute atomic E-state index is 9.22. The van der Waals surface area contributed by atoms with Gasteiger partial charge in [0.15, 0.2) is 0 Å². The number of aromatic amines is 1. The van der Waals surface area contributed by atoms with Crippen LogP contribution in [-0.4, -0.2) is 23.2 Å². The Balaban J connectivity index is 0.00000156. The fourth-order valence-electron chi connectivity index (χ4n) is 3.44. The number of fused-ring (bicyclic) bond motifs is 3. The van der Waals surface area contributed by atoms with Gasteiger partial charge in [-0.3, -0.25) is 0 Å². The number of aromatic nitrogens is 1. The molecule has 0 aliphatic carbocycles. The summed E-state index contributed by atoms with van der Waals surface area (Å²) in [5, 5.41) is 14.0. The van der Waals surface area contributed by atoms with E-state index in [1.807, 2.05) is 12.1 Å². The number of H-pyrrole nitrogens is 1. The predicted molar refractivity (Wildman–Crippen MR) is 97.2 cm³/mol. The molecule has 0 fully saturated rings. The Morgan fingerprint density at radius 3 is 2.52 bits per heavy atom. The van der Waals surface area contributed by atoms with Gasteiger partial charge in [0.25, 0.3) is 0 Å². The molecule has 120 valence electrons. The minimum Gasteiger partial charge on any atom is -0.392 e. The molecule has 0 unspecified atom stereocenters. The second-order valence-corrected chi connectivity index (χ2v) is 5.92. The van der Waals surface area contributed by atoms with Crippen LogP contribution in [0.1, 0.15) is 16.8 Å². The summed E-state index contributed by atoms with van der Waals surface area (Å²) < 4.78 is 0. The van der Waals surface area contributed by atoms with Crippen LogP contribution in [0.2, 0.25) is 0 Å². The molecule has 4 rings (SSSR count). The van der Waals surface area contributed by atoms with Crippen molar-refractivity contribution in [3.05, 3.63) is 59.3 Å². The Morgan fingerprint density at radius 2 is 1.74 bits per heavy atom. The summed E-state index contributed by atoms with van der Waals surface area (Å²) in [5.41, 5.74) is 7.51. The van der Waals surface area contributed by atoms with E-state index in [2.05, 4.69) is 40.6 Å². The van der Waals surface area contributed by atoms with Crippen molar-refractivity contribution in [1.29, 1.82) is 0 Å². The van der Waals surface area contributed by atoms with E-state index in [0.717, 1.165) is 31.5 Å². The molecule has 3 N–H and O–H groups in total. The first-order valence-electron chi connectivity index (χ1n) is 7.90. The zero-order valence-corrected chi connectivity index (χ0v) is 13.7. The molecule has 0 bridgehead atoms. The Morgan fingerprint density at radius 1 is 0.957 bits per heavy atom. The SMILES string of the molecule is Cl.OCc1ccc(-c2cccc3[nH]c4c(c23)CCNCC4)cc1. The molecule has 0 amide bonds. The van der Waals surface area contributed by atoms with Crippen LogP contribution in [0.25, 0.3) is 22.0 Å². The summed E-state index contributed by atoms with van der Waals surface area (Å²) >= 11 is 0. The third kappa shape index (κ3) is 2.88. The van der Waals surface area contributed by atoms with Gasteiger partial charge >= 0.3 is 0 Å². The lowest BCUT2D eigenvalue weighted by molar-refractivity contribution is 0.282. The molecule has 1 aromatic heterocycles. The summed E-state index contributed by atoms with van der Waals surface area (Å²) in [6.45, 7) is 2.17. The minimum atomic E-state index is 0. The fourth-order valence-corrected chi connectivity index (χ4v) is 3.44. The molecule has 2 aromatic carbocycles. The minimum absolute atomic E-state index is 0. The lowest BCUT2D eigenvalue weighted by Crippen LogP contribution is -2.16. The fraction of sp³-hybridized carbons (Fsp3) is 0.263. The average molecular weight is 329 g/mol. The van der Waals surface area contributed by atoms with Crippen molar-refractivity contribution < 1.29 is 5.11 Å². The molecule has 0 saturated carbocycles. The Labute approximate surface area is 142 Å². The maximum Gasteiger partial charge on any atom is 0.0681 e. The second-order valence-electron chi connectivity index (χ2n) is 5.92. The first-order valence-corrected chi connectivity index (χ1v) is 7.90. The van der Waals surface area contributed by atoms with Crippen molar-refractivity contribution in [2.24, 2.45) is 0 Å². The molecule has 23 heavy (non-hydrogen) atoms. The van der Waals surface area contributed by atoms with Crippen LogP contribution in [0.15, 0.2) is 42.5 Å². The van der Waals surface area contributed by atoms with Gasteiger partial charge < -0.3 is 15.4 Å². The molecular weight excluding hydrogens is 308 g/mol. The van der Waals surface area contributed by atoms with Crippen LogP contribution in [0.4, 0.5) is 0 Å². The monoisotopic (exact) mass is 328 g/mol. The maximum atomic E-state index is 9.22. The van der Waals surface area contributed by atoms with E-state index in [0.29, 0.717) is 0 Å². The van der Waals surface area contributed by atoms with Crippen molar-refractivity contribution in [3.8, 4) is 11.1 Å². The van der Waals surface area contributed by atoms with E-state index in [9.17, 15) is 5.11 Å². The standard InChI is InChI=1S/C19H20N2O.ClH/c22-12-13-4-6-14(7-5-13)15-2-1-3-18-19(15)16-8-10-20-11-9-17(16)21-18;/h1-7,20-22H,8-12H2;1H. The summed E-state index contributed by atoms with van der Waals surface area (Å²) in [4.78, 5) is 3.61. The predicted octanol–water partition coefficient (Wildman–Crippen LogP) is 3.44. The number of benzene rings is 2. The number of rotatable bonds is 2. The highest BCUT2D eigenvalue weighted by Crippen LogP contribution is 2.34. The van der Waals surface area contributed by atoms with Crippen LogP contribution in [0.5, 0.6) is 0 Å². The van der Waals surface area contributed by atoms with E-state index >= 15 is 0 Å². The van der Waals surface area contributed by atoms with Crippen molar-refractivity contribution in [2.45, 2.75) is 19.4 Å². The molecule has 0 spiro atoms. The first-order chi connectivity index (χ1) is 10.9. The van der Waals surface area contributed by atoms with Gasteiger partial charge in [-0.05, 0) is 41.3 Å². The van der Waals surface area contributed by atoms with Gasteiger partial charge in [-0.25, -0.2) is 0 Å². The van der Waals surface area contributed by atoms with Crippen molar-refractivity contribution in [1.82, 2.24) is 10.3 Å². The van der Waals surface area contributed by atoms with Crippen LogP contribution in [0, 0.1) is 0 Å². The third-order valence-corrected chi connectivity index (χ3v) is 4.57. The lowest BCUT2D eigenvalue weighted by Gasteiger charge is -2.07. The van der Waals surface area contributed by atoms with E-state index in [1.165, 1.54) is 33.3 Å². The number of aliphatic hydroxyl groups excluding tert-OH is 1. The van der Waals surface area contributed by atoms with Gasteiger partial charge in [0.05, 0.1) is 6.61 Å². The molecular formula is C19H21ClN2O. The molecule has 3 nitrogen and oxygen atoms in total. The van der Waals surface area contributed by atoms with E-state index in [-0.39, 0.29) is 19.0 Å². The zero-order chi connectivity index (χ0) is 14.9. The molecule has 1 aliphatic rings. The largest absolute Gasteiger partial charge is 0.392 e. The molecule has 2 heterocycles. The highest BCUT2D eigenvalue weighted by atomic mass is 35.5. The first kappa shape index (κ1) is 16.1. The molecule has 0 atom stereocenters. The molecule has 4 heteroatoms. The molecule has 1 aliphatic heterocycles. The number of aliphatic hydroxyl groups is 1. The van der Waals surface area contributed by atoms with Gasteiger partial charge in [0.2, 0.25) is 0 Å². The van der Waals surface area contributed by atoms with Gasteiger partial charge in [0.1, 0.15) is 0 Å². The number of hydrogen-bond donors (Lipinski definition) is 3. The van der Waals surface area contributed by atoms with Gasteiger partial charge in [-0.2, -0.15) is 0 Å². The van der Waals surface area contributed by atoms with Crippen LogP contribution >= 0.6 is 12.4 Å².